The zero-order chi connectivity index (χ0) is 16.2. The first-order valence-electron chi connectivity index (χ1n) is 6.35. The van der Waals surface area contributed by atoms with Crippen LogP contribution in [0.25, 0.3) is 0 Å². The van der Waals surface area contributed by atoms with Gasteiger partial charge in [0, 0.05) is 5.02 Å². The summed E-state index contributed by atoms with van der Waals surface area (Å²) in [4.78, 5) is 11.9. The first-order chi connectivity index (χ1) is 10.4. The van der Waals surface area contributed by atoms with Gasteiger partial charge in [-0.15, -0.1) is 0 Å². The summed E-state index contributed by atoms with van der Waals surface area (Å²) in [5.74, 6) is -0.691. The predicted molar refractivity (Wildman–Crippen MR) is 83.0 cm³/mol. The van der Waals surface area contributed by atoms with Gasteiger partial charge in [-0.1, -0.05) is 41.9 Å². The molecule has 0 radical (unpaired) electrons. The third-order valence-corrected chi connectivity index (χ3v) is 4.66. The Bertz CT molecular complexity index is 745. The molecular weight excluding hydrogens is 326 g/mol. The van der Waals surface area contributed by atoms with Crippen molar-refractivity contribution in [3.63, 3.8) is 0 Å². The highest BCUT2D eigenvalue weighted by molar-refractivity contribution is 7.89. The van der Waals surface area contributed by atoms with E-state index in [4.69, 9.17) is 11.6 Å². The lowest BCUT2D eigenvalue weighted by atomic mass is 10.1. The Kier molecular flexibility index (Phi) is 5.18. The number of ether oxygens (including phenoxy) is 1. The molecule has 2 rings (SSSR count). The van der Waals surface area contributed by atoms with Crippen molar-refractivity contribution >= 4 is 27.6 Å². The van der Waals surface area contributed by atoms with Crippen LogP contribution in [-0.2, 0) is 19.6 Å². The third kappa shape index (κ3) is 3.85. The van der Waals surface area contributed by atoms with Crippen LogP contribution in [-0.4, -0.2) is 21.5 Å². The fraction of sp³-hybridized carbons (Fsp3) is 0.133. The molecule has 0 aliphatic rings. The number of esters is 1. The van der Waals surface area contributed by atoms with Crippen molar-refractivity contribution in [2.24, 2.45) is 0 Å². The third-order valence-electron chi connectivity index (χ3n) is 2.97. The van der Waals surface area contributed by atoms with Gasteiger partial charge in [0.05, 0.1) is 12.0 Å². The number of rotatable bonds is 5. The minimum Gasteiger partial charge on any atom is -0.468 e. The van der Waals surface area contributed by atoms with Gasteiger partial charge >= 0.3 is 5.97 Å². The highest BCUT2D eigenvalue weighted by Gasteiger charge is 2.27. The van der Waals surface area contributed by atoms with Gasteiger partial charge in [-0.25, -0.2) is 13.2 Å². The SMILES string of the molecule is COC(=O)[C@H](NS(=O)(=O)c1ccc(Cl)cc1)c1ccccc1. The fourth-order valence-corrected chi connectivity index (χ4v) is 3.15. The van der Waals surface area contributed by atoms with Gasteiger partial charge in [0.2, 0.25) is 10.0 Å². The topological polar surface area (TPSA) is 72.5 Å². The van der Waals surface area contributed by atoms with Crippen LogP contribution in [0.1, 0.15) is 11.6 Å². The lowest BCUT2D eigenvalue weighted by Gasteiger charge is -2.17. The number of nitrogens with one attached hydrogen (secondary N) is 1. The Morgan fingerprint density at radius 3 is 2.23 bits per heavy atom. The van der Waals surface area contributed by atoms with Crippen LogP contribution in [0.5, 0.6) is 0 Å². The Hall–Kier alpha value is -1.89. The molecule has 22 heavy (non-hydrogen) atoms. The average molecular weight is 340 g/mol. The van der Waals surface area contributed by atoms with E-state index >= 15 is 0 Å². The molecule has 116 valence electrons. The lowest BCUT2D eigenvalue weighted by molar-refractivity contribution is -0.142. The van der Waals surface area contributed by atoms with Gasteiger partial charge < -0.3 is 4.74 Å². The van der Waals surface area contributed by atoms with Crippen molar-refractivity contribution in [1.29, 1.82) is 0 Å². The molecular formula is C15H14ClNO4S. The summed E-state index contributed by atoms with van der Waals surface area (Å²) in [6.07, 6.45) is 0. The summed E-state index contributed by atoms with van der Waals surface area (Å²) in [7, 11) is -2.69. The van der Waals surface area contributed by atoms with Gasteiger partial charge in [-0.3, -0.25) is 0 Å². The first kappa shape index (κ1) is 16.5. The molecule has 0 spiro atoms. The largest absolute Gasteiger partial charge is 0.468 e. The summed E-state index contributed by atoms with van der Waals surface area (Å²) in [6.45, 7) is 0. The minimum atomic E-state index is -3.89. The first-order valence-corrected chi connectivity index (χ1v) is 8.21. The maximum atomic E-state index is 12.4. The molecule has 0 heterocycles. The zero-order valence-electron chi connectivity index (χ0n) is 11.7. The number of hydrogen-bond acceptors (Lipinski definition) is 4. The molecule has 7 heteroatoms. The van der Waals surface area contributed by atoms with Crippen LogP contribution in [0.2, 0.25) is 5.02 Å². The van der Waals surface area contributed by atoms with Crippen molar-refractivity contribution in [2.45, 2.75) is 10.9 Å². The smallest absolute Gasteiger partial charge is 0.328 e. The second-order valence-corrected chi connectivity index (χ2v) is 6.59. The van der Waals surface area contributed by atoms with Crippen LogP contribution in [0, 0.1) is 0 Å². The molecule has 0 saturated carbocycles. The molecule has 0 bridgehead atoms. The highest BCUT2D eigenvalue weighted by atomic mass is 35.5. The molecule has 0 saturated heterocycles. The number of hydrogen-bond donors (Lipinski definition) is 1. The van der Waals surface area contributed by atoms with Crippen LogP contribution in [0.3, 0.4) is 0 Å². The number of carbonyl (C=O) groups is 1. The minimum absolute atomic E-state index is 0.0155. The Morgan fingerprint density at radius 1 is 1.09 bits per heavy atom. The van der Waals surface area contributed by atoms with E-state index < -0.39 is 22.0 Å². The monoisotopic (exact) mass is 339 g/mol. The maximum Gasteiger partial charge on any atom is 0.328 e. The Morgan fingerprint density at radius 2 is 1.68 bits per heavy atom. The van der Waals surface area contributed by atoms with Crippen molar-refractivity contribution in [2.75, 3.05) is 7.11 Å². The molecule has 0 aliphatic heterocycles. The summed E-state index contributed by atoms with van der Waals surface area (Å²) in [5, 5.41) is 0.423. The zero-order valence-corrected chi connectivity index (χ0v) is 13.3. The normalized spacial score (nSPS) is 12.6. The molecule has 2 aromatic rings. The molecule has 0 fully saturated rings. The standard InChI is InChI=1S/C15H14ClNO4S/c1-21-15(18)14(11-5-3-2-4-6-11)17-22(19,20)13-9-7-12(16)8-10-13/h2-10,14,17H,1H3/t14-/m1/s1. The number of carbonyl (C=O) groups excluding carboxylic acids is 1. The molecule has 5 nitrogen and oxygen atoms in total. The van der Waals surface area contributed by atoms with Crippen LogP contribution >= 0.6 is 11.6 Å². The highest BCUT2D eigenvalue weighted by Crippen LogP contribution is 2.20. The van der Waals surface area contributed by atoms with E-state index in [2.05, 4.69) is 9.46 Å². The van der Waals surface area contributed by atoms with Crippen molar-refractivity contribution in [1.82, 2.24) is 4.72 Å². The molecule has 2 aromatic carbocycles. The number of methoxy groups -OCH3 is 1. The maximum absolute atomic E-state index is 12.4. The van der Waals surface area contributed by atoms with Gasteiger partial charge in [0.15, 0.2) is 0 Å². The number of sulfonamides is 1. The van der Waals surface area contributed by atoms with E-state index in [1.807, 2.05) is 0 Å². The number of benzene rings is 2. The van der Waals surface area contributed by atoms with E-state index in [9.17, 15) is 13.2 Å². The predicted octanol–water partition coefficient (Wildman–Crippen LogP) is 2.53. The average Bonchev–Trinajstić information content (AvgIpc) is 2.53. The lowest BCUT2D eigenvalue weighted by Crippen LogP contribution is -2.34. The van der Waals surface area contributed by atoms with Crippen LogP contribution in [0.4, 0.5) is 0 Å². The van der Waals surface area contributed by atoms with Crippen LogP contribution in [0.15, 0.2) is 59.5 Å². The second-order valence-electron chi connectivity index (χ2n) is 4.44. The summed E-state index contributed by atoms with van der Waals surface area (Å²) in [6, 6.07) is 13.0. The summed E-state index contributed by atoms with van der Waals surface area (Å²) in [5.41, 5.74) is 0.492. The van der Waals surface area contributed by atoms with E-state index in [0.29, 0.717) is 10.6 Å². The fourth-order valence-electron chi connectivity index (χ4n) is 1.85. The Labute approximate surface area is 133 Å². The molecule has 1 N–H and O–H groups in total. The molecule has 0 amide bonds. The second kappa shape index (κ2) is 6.91. The summed E-state index contributed by atoms with van der Waals surface area (Å²) < 4.78 is 31.8. The van der Waals surface area contributed by atoms with Crippen molar-refractivity contribution in [3.8, 4) is 0 Å². The van der Waals surface area contributed by atoms with Gasteiger partial charge in [0.1, 0.15) is 6.04 Å². The molecule has 0 aliphatic carbocycles. The van der Waals surface area contributed by atoms with E-state index in [-0.39, 0.29) is 4.90 Å². The molecule has 1 atom stereocenters. The van der Waals surface area contributed by atoms with Crippen molar-refractivity contribution in [3.05, 3.63) is 65.2 Å². The van der Waals surface area contributed by atoms with Gasteiger partial charge in [-0.05, 0) is 29.8 Å². The van der Waals surface area contributed by atoms with Gasteiger partial charge in [0.25, 0.3) is 0 Å². The van der Waals surface area contributed by atoms with Crippen molar-refractivity contribution < 1.29 is 17.9 Å². The van der Waals surface area contributed by atoms with E-state index in [1.165, 1.54) is 31.4 Å². The number of halogens is 1. The molecule has 0 aromatic heterocycles. The Balaban J connectivity index is 2.34. The quantitative estimate of drug-likeness (QED) is 0.850. The summed E-state index contributed by atoms with van der Waals surface area (Å²) >= 11 is 5.75. The van der Waals surface area contributed by atoms with E-state index in [1.54, 1.807) is 30.3 Å². The van der Waals surface area contributed by atoms with Gasteiger partial charge in [-0.2, -0.15) is 4.72 Å². The van der Waals surface area contributed by atoms with E-state index in [0.717, 1.165) is 0 Å². The van der Waals surface area contributed by atoms with Crippen LogP contribution < -0.4 is 4.72 Å². The molecule has 0 unspecified atom stereocenters.